The van der Waals surface area contributed by atoms with Crippen LogP contribution in [0.15, 0.2) is 178 Å². The average Bonchev–Trinajstić information content (AvgIpc) is 1.11. The molecule has 4 atom stereocenters. The Morgan fingerprint density at radius 2 is 0.809 bits per heavy atom. The normalized spacial score (nSPS) is 13.8. The predicted octanol–water partition coefficient (Wildman–Crippen LogP) is 14.5. The van der Waals surface area contributed by atoms with Gasteiger partial charge >= 0.3 is 5.97 Å². The standard InChI is InChI=1S/C27H31ClN8O3.C23H20ClN9O.C21H22ClN9O.C21H21ClN8O/c1-4-6-12-39-27(38)25-33-24(34-35(25)3)21-22(29)30-14-31-23(21)32-18(5-2)19-13-15-8-7-9-17(28)20(15)26(37)36(19)16-10-11-16;1-13(28-21-19(20(25)26-12-27-21)22-29-31-32(2)30-22)17-11-14-7-6-10-16(24)18(14)23(34)33(17)15-8-4-3-5-9-15;1-3-14(26-19-17(18(23)24-10-25-19)20-27-29-30(2)28-20)15-9-11-5-4-6-13(22)16(11)21(32)31(15)12-7-8-12;1-11(27-19-17(18(23)24-9-25-19)20-26-10-29(2)28-20)15-8-12-4-3-5-14(22)16(12)21(31)30(15)13-6-7-13/h7-9,13-14,16,18H,4-6,10-12H2,1-3H3,(H3,29,30,31,32);3-13H,1-2H3,(H3,25,26,27,28);4-6,9-10,12,14H,3,7-8H2,1-2H3,(H3,23,24,25,26);3-5,8-11,13H,6-7H2,1-2H3,(H3,23,24,25,27)/t18-;13-;14-;11-/m0000/s1. The van der Waals surface area contributed by atoms with Gasteiger partial charge < -0.3 is 62.6 Å². The lowest BCUT2D eigenvalue weighted by Crippen LogP contribution is -2.27. The van der Waals surface area contributed by atoms with Gasteiger partial charge in [0.25, 0.3) is 22.2 Å². The molecule has 3 aliphatic rings. The van der Waals surface area contributed by atoms with Crippen LogP contribution < -0.4 is 66.4 Å². The van der Waals surface area contributed by atoms with Crippen molar-refractivity contribution >= 4 is 142 Å². The number of carbonyl (C=O) groups excluding carboxylic acids is 1. The lowest BCUT2D eigenvalue weighted by Gasteiger charge is -2.24. The highest BCUT2D eigenvalue weighted by molar-refractivity contribution is 6.37. The van der Waals surface area contributed by atoms with Gasteiger partial charge in [-0.15, -0.1) is 20.4 Å². The number of aromatic nitrogens is 26. The Morgan fingerprint density at radius 1 is 0.434 bits per heavy atom. The largest absolute Gasteiger partial charge is 0.460 e. The van der Waals surface area contributed by atoms with Crippen molar-refractivity contribution in [3.05, 3.63) is 249 Å². The molecule has 5 aromatic carbocycles. The monoisotopic (exact) mass is 1910 g/mol. The van der Waals surface area contributed by atoms with E-state index in [2.05, 4.69) is 112 Å². The molecule has 696 valence electrons. The number of nitrogen functional groups attached to an aromatic ring is 4. The number of nitrogens with one attached hydrogen (secondary N) is 4. The van der Waals surface area contributed by atoms with Gasteiger partial charge in [0.05, 0.1) is 86.5 Å². The number of benzene rings is 5. The maximum atomic E-state index is 13.6. The maximum Gasteiger partial charge on any atom is 0.376 e. The van der Waals surface area contributed by atoms with Crippen LogP contribution in [0.4, 0.5) is 46.5 Å². The van der Waals surface area contributed by atoms with Gasteiger partial charge in [0.15, 0.2) is 11.6 Å². The first kappa shape index (κ1) is 92.6. The Hall–Kier alpha value is -15.3. The lowest BCUT2D eigenvalue weighted by molar-refractivity contribution is 0.0479. The minimum atomic E-state index is -0.565. The SMILES string of the molecule is CCCCOC(=O)c1nc(-c2c(N)ncnc2N[C@@H](CC)c2cc3cccc(Cl)c3c(=O)n2C2CC2)nn1C.CC[C@H](Nc1ncnc(N)c1-c1nnn(C)n1)c1cc2cccc(Cl)c2c(=O)n1C1CC1.C[C@H](Nc1ncnc(N)c1-c1ncn(C)n1)c1cc2cccc(Cl)c2c(=O)n1C1CC1.C[C@H](Nc1ncnc(N)c1-c1nnn(C)n1)c1cc2cccc(Cl)c2c(=O)n1-c1ccccc1. The zero-order chi connectivity index (χ0) is 95.6. The van der Waals surface area contributed by atoms with Gasteiger partial charge in [-0.2, -0.15) is 19.8 Å². The number of hydrogen-bond acceptors (Lipinski definition) is 32. The summed E-state index contributed by atoms with van der Waals surface area (Å²) in [6, 6.07) is 38.6. The molecule has 17 aromatic rings. The predicted molar refractivity (Wildman–Crippen MR) is 523 cm³/mol. The van der Waals surface area contributed by atoms with E-state index in [1.165, 1.54) is 39.6 Å². The molecule has 3 saturated carbocycles. The van der Waals surface area contributed by atoms with E-state index < -0.39 is 5.97 Å². The van der Waals surface area contributed by atoms with Crippen molar-refractivity contribution in [3.8, 4) is 51.2 Å². The number of aryl methyl sites for hydroxylation is 4. The molecular formula is C92H94Cl4N34O6. The van der Waals surface area contributed by atoms with Gasteiger partial charge in [0.1, 0.15) is 100 Å². The number of hydrogen-bond donors (Lipinski definition) is 8. The van der Waals surface area contributed by atoms with Crippen molar-refractivity contribution in [3.63, 3.8) is 0 Å². The summed E-state index contributed by atoms with van der Waals surface area (Å²) in [6.07, 6.45) is 15.8. The molecule has 3 fully saturated rings. The number of esters is 1. The molecule has 12 N–H and O–H groups in total. The molecule has 3 aliphatic carbocycles. The van der Waals surface area contributed by atoms with Gasteiger partial charge in [-0.1, -0.05) is 140 Å². The van der Waals surface area contributed by atoms with E-state index in [1.54, 1.807) is 68.0 Å². The van der Waals surface area contributed by atoms with Crippen LogP contribution in [0.25, 0.3) is 94.3 Å². The minimum Gasteiger partial charge on any atom is -0.460 e. The summed E-state index contributed by atoms with van der Waals surface area (Å²) in [4.78, 5) is 112. The summed E-state index contributed by atoms with van der Waals surface area (Å²) >= 11 is 25.6. The number of ether oxygens (including phenoxy) is 1. The van der Waals surface area contributed by atoms with Crippen molar-refractivity contribution in [2.24, 2.45) is 28.2 Å². The van der Waals surface area contributed by atoms with E-state index in [0.717, 1.165) is 95.7 Å². The molecule has 0 aliphatic heterocycles. The van der Waals surface area contributed by atoms with Crippen LogP contribution in [0, 0.1) is 0 Å². The van der Waals surface area contributed by atoms with Crippen LogP contribution in [0.3, 0.4) is 0 Å². The zero-order valence-corrected chi connectivity index (χ0v) is 78.3. The number of para-hydroxylation sites is 1. The number of nitrogens with zero attached hydrogens (tertiary/aromatic N) is 26. The molecule has 0 unspecified atom stereocenters. The number of anilines is 8. The topological polar surface area (TPSA) is 518 Å². The Morgan fingerprint density at radius 3 is 1.19 bits per heavy atom. The van der Waals surface area contributed by atoms with Crippen molar-refractivity contribution < 1.29 is 9.53 Å². The fraction of sp³-hybridized carbons (Fsp3) is 0.293. The van der Waals surface area contributed by atoms with E-state index in [-0.39, 0.29) is 99.5 Å². The average molecular weight is 1910 g/mol. The molecule has 0 radical (unpaired) electrons. The van der Waals surface area contributed by atoms with Gasteiger partial charge in [0, 0.05) is 60.7 Å². The summed E-state index contributed by atoms with van der Waals surface area (Å²) in [5.74, 6) is 3.43. The molecule has 0 bridgehead atoms. The fourth-order valence-corrected chi connectivity index (χ4v) is 17.4. The molecule has 12 heterocycles. The third-order valence-corrected chi connectivity index (χ3v) is 24.7. The first-order valence-electron chi connectivity index (χ1n) is 44.0. The number of nitrogens with two attached hydrogens (primary N) is 4. The van der Waals surface area contributed by atoms with E-state index >= 15 is 0 Å². The van der Waals surface area contributed by atoms with E-state index in [1.807, 2.05) is 151 Å². The highest BCUT2D eigenvalue weighted by atomic mass is 35.5. The molecule has 0 amide bonds. The summed E-state index contributed by atoms with van der Waals surface area (Å²) in [5, 5.41) is 53.8. The first-order valence-corrected chi connectivity index (χ1v) is 45.5. The second kappa shape index (κ2) is 39.5. The van der Waals surface area contributed by atoms with Crippen LogP contribution in [0.2, 0.25) is 20.1 Å². The smallest absolute Gasteiger partial charge is 0.376 e. The number of fused-ring (bicyclic) bond motifs is 4. The number of rotatable bonds is 26. The highest BCUT2D eigenvalue weighted by Crippen LogP contribution is 2.44. The summed E-state index contributed by atoms with van der Waals surface area (Å²) in [6.45, 7) is 10.3. The molecular weight excluding hydrogens is 1820 g/mol. The Balaban J connectivity index is 0.000000126. The van der Waals surface area contributed by atoms with Gasteiger partial charge in [0.2, 0.25) is 17.5 Å². The summed E-state index contributed by atoms with van der Waals surface area (Å²) in [7, 11) is 6.72. The third-order valence-electron chi connectivity index (χ3n) is 23.4. The summed E-state index contributed by atoms with van der Waals surface area (Å²) in [5.41, 5.74) is 30.0. The second-order valence-electron chi connectivity index (χ2n) is 33.0. The second-order valence-corrected chi connectivity index (χ2v) is 34.6. The first-order chi connectivity index (χ1) is 65.7. The Kier molecular flexibility index (Phi) is 26.9. The van der Waals surface area contributed by atoms with Crippen LogP contribution in [-0.2, 0) is 32.9 Å². The summed E-state index contributed by atoms with van der Waals surface area (Å²) < 4.78 is 15.5. The molecule has 40 nitrogen and oxygen atoms in total. The van der Waals surface area contributed by atoms with Crippen molar-refractivity contribution in [2.45, 2.75) is 141 Å². The van der Waals surface area contributed by atoms with Crippen LogP contribution in [-0.4, -0.2) is 141 Å². The number of unbranched alkanes of at least 4 members (excludes halogenated alkanes) is 1. The van der Waals surface area contributed by atoms with Gasteiger partial charge in [-0.05, 0) is 164 Å². The van der Waals surface area contributed by atoms with E-state index in [4.69, 9.17) is 74.1 Å². The Labute approximate surface area is 795 Å². The van der Waals surface area contributed by atoms with Crippen molar-refractivity contribution in [1.82, 2.24) is 128 Å². The van der Waals surface area contributed by atoms with Crippen molar-refractivity contribution in [1.29, 1.82) is 0 Å². The van der Waals surface area contributed by atoms with Crippen LogP contribution in [0.5, 0.6) is 0 Å². The number of pyridine rings is 4. The van der Waals surface area contributed by atoms with Crippen LogP contribution in [0.1, 0.15) is 175 Å². The molecule has 0 saturated heterocycles. The number of tetrazole rings is 2. The van der Waals surface area contributed by atoms with E-state index in [0.29, 0.717) is 130 Å². The molecule has 0 spiro atoms. The Bertz CT molecular complexity index is 7680. The van der Waals surface area contributed by atoms with Gasteiger partial charge in [-0.3, -0.25) is 28.4 Å². The van der Waals surface area contributed by atoms with Crippen LogP contribution >= 0.6 is 46.4 Å². The van der Waals surface area contributed by atoms with Crippen molar-refractivity contribution in [2.75, 3.05) is 50.8 Å². The van der Waals surface area contributed by atoms with Gasteiger partial charge in [-0.25, -0.2) is 59.3 Å². The van der Waals surface area contributed by atoms with E-state index in [9.17, 15) is 24.0 Å². The lowest BCUT2D eigenvalue weighted by atomic mass is 10.0. The maximum absolute atomic E-state index is 13.6. The number of halogens is 4. The minimum absolute atomic E-state index is 0.0522. The highest BCUT2D eigenvalue weighted by Gasteiger charge is 2.36. The molecule has 136 heavy (non-hydrogen) atoms. The molecule has 20 rings (SSSR count). The fourth-order valence-electron chi connectivity index (χ4n) is 16.4. The number of carbonyl (C=O) groups is 1. The third kappa shape index (κ3) is 19.1. The quantitative estimate of drug-likeness (QED) is 0.0184. The molecule has 44 heteroatoms. The zero-order valence-electron chi connectivity index (χ0n) is 75.2. The molecule has 12 aromatic heterocycles.